The van der Waals surface area contributed by atoms with Crippen molar-refractivity contribution < 1.29 is 22.7 Å². The highest BCUT2D eigenvalue weighted by Gasteiger charge is 2.35. The molecule has 0 spiro atoms. The van der Waals surface area contributed by atoms with E-state index in [1.807, 2.05) is 32.0 Å². The molecule has 2 aliphatic rings. The molecule has 4 rings (SSSR count). The second kappa shape index (κ2) is 8.16. The third kappa shape index (κ3) is 4.41. The van der Waals surface area contributed by atoms with Crippen LogP contribution in [0.25, 0.3) is 0 Å². The Balaban J connectivity index is 1.60. The van der Waals surface area contributed by atoms with Crippen LogP contribution in [0.5, 0.6) is 11.5 Å². The summed E-state index contributed by atoms with van der Waals surface area (Å²) in [5.74, 6) is 1.06. The average molecular weight is 445 g/mol. The average Bonchev–Trinajstić information content (AvgIpc) is 3.29. The van der Waals surface area contributed by atoms with Crippen molar-refractivity contribution in [1.82, 2.24) is 9.62 Å². The number of benzene rings is 2. The third-order valence-corrected chi connectivity index (χ3v) is 7.67. The molecular formula is C23H28N2O5S. The first kappa shape index (κ1) is 21.6. The number of fused-ring (bicyclic) bond motifs is 1. The van der Waals surface area contributed by atoms with Crippen LogP contribution in [0.4, 0.5) is 0 Å². The summed E-state index contributed by atoms with van der Waals surface area (Å²) in [5, 5.41) is 3.06. The van der Waals surface area contributed by atoms with Crippen LogP contribution in [-0.2, 0) is 10.0 Å². The fraction of sp³-hybridized carbons (Fsp3) is 0.435. The zero-order valence-electron chi connectivity index (χ0n) is 18.1. The third-order valence-electron chi connectivity index (χ3n) is 5.78. The van der Waals surface area contributed by atoms with Gasteiger partial charge in [0.05, 0.1) is 18.0 Å². The molecule has 1 N–H and O–H groups in total. The lowest BCUT2D eigenvalue weighted by Crippen LogP contribution is -2.41. The lowest BCUT2D eigenvalue weighted by Gasteiger charge is -2.38. The normalized spacial score (nSPS) is 20.5. The maximum Gasteiger partial charge on any atom is 0.251 e. The molecule has 31 heavy (non-hydrogen) atoms. The van der Waals surface area contributed by atoms with Gasteiger partial charge < -0.3 is 14.8 Å². The first-order valence-corrected chi connectivity index (χ1v) is 11.9. The summed E-state index contributed by atoms with van der Waals surface area (Å²) in [7, 11) is -1.99. The topological polar surface area (TPSA) is 84.9 Å². The number of carbonyl (C=O) groups is 1. The van der Waals surface area contributed by atoms with E-state index in [4.69, 9.17) is 9.47 Å². The van der Waals surface area contributed by atoms with Crippen LogP contribution in [0.1, 0.15) is 55.1 Å². The Hall–Kier alpha value is -2.58. The summed E-state index contributed by atoms with van der Waals surface area (Å²) < 4.78 is 38.6. The molecule has 0 aromatic heterocycles. The zero-order valence-corrected chi connectivity index (χ0v) is 18.9. The molecule has 0 radical (unpaired) electrons. The molecule has 0 saturated carbocycles. The minimum Gasteiger partial charge on any atom is -0.497 e. The van der Waals surface area contributed by atoms with Gasteiger partial charge in [0.15, 0.2) is 0 Å². The number of methoxy groups -OCH3 is 1. The summed E-state index contributed by atoms with van der Waals surface area (Å²) in [4.78, 5) is 13.2. The van der Waals surface area contributed by atoms with E-state index in [0.717, 1.165) is 18.4 Å². The fourth-order valence-electron chi connectivity index (χ4n) is 4.21. The first-order chi connectivity index (χ1) is 14.7. The van der Waals surface area contributed by atoms with Crippen LogP contribution in [-0.4, -0.2) is 44.4 Å². The van der Waals surface area contributed by atoms with Gasteiger partial charge in [0.1, 0.15) is 17.1 Å². The molecule has 1 amide bonds. The number of sulfonamides is 1. The van der Waals surface area contributed by atoms with E-state index in [1.165, 1.54) is 10.4 Å². The number of nitrogens with zero attached hydrogens (tertiary/aromatic N) is 1. The SMILES string of the molecule is COc1ccc2c(c1)[C@@H](NC(=O)c1cccc(S(=O)(=O)N3CCCC3)c1)CC(C)(C)O2. The van der Waals surface area contributed by atoms with Gasteiger partial charge >= 0.3 is 0 Å². The van der Waals surface area contributed by atoms with Crippen LogP contribution < -0.4 is 14.8 Å². The molecule has 7 nitrogen and oxygen atoms in total. The Labute approximate surface area is 183 Å². The smallest absolute Gasteiger partial charge is 0.251 e. The molecule has 166 valence electrons. The van der Waals surface area contributed by atoms with Crippen molar-refractivity contribution in [2.45, 2.75) is 49.6 Å². The molecule has 2 aromatic rings. The van der Waals surface area contributed by atoms with Gasteiger partial charge in [-0.05, 0) is 63.1 Å². The van der Waals surface area contributed by atoms with Gasteiger partial charge in [0, 0.05) is 30.6 Å². The van der Waals surface area contributed by atoms with Crippen LogP contribution in [0, 0.1) is 0 Å². The molecule has 2 aromatic carbocycles. The lowest BCUT2D eigenvalue weighted by molar-refractivity contribution is 0.0618. The van der Waals surface area contributed by atoms with Crippen LogP contribution in [0.3, 0.4) is 0 Å². The largest absolute Gasteiger partial charge is 0.497 e. The molecule has 1 fully saturated rings. The van der Waals surface area contributed by atoms with Crippen LogP contribution in [0.2, 0.25) is 0 Å². The quantitative estimate of drug-likeness (QED) is 0.763. The van der Waals surface area contributed by atoms with Gasteiger partial charge in [-0.15, -0.1) is 0 Å². The first-order valence-electron chi connectivity index (χ1n) is 10.5. The number of hydrogen-bond donors (Lipinski definition) is 1. The number of nitrogens with one attached hydrogen (secondary N) is 1. The van der Waals surface area contributed by atoms with Crippen molar-refractivity contribution in [1.29, 1.82) is 0 Å². The summed E-state index contributed by atoms with van der Waals surface area (Å²) in [5.41, 5.74) is 0.697. The highest BCUT2D eigenvalue weighted by atomic mass is 32.2. The minimum absolute atomic E-state index is 0.149. The minimum atomic E-state index is -3.59. The summed E-state index contributed by atoms with van der Waals surface area (Å²) >= 11 is 0. The number of ether oxygens (including phenoxy) is 2. The standard InChI is InChI=1S/C23H28N2O5S/c1-23(2)15-20(19-14-17(29-3)9-10-21(19)30-23)24-22(26)16-7-6-8-18(13-16)31(27,28)25-11-4-5-12-25/h6-10,13-14,20H,4-5,11-12,15H2,1-3H3,(H,24,26)/t20-/m0/s1. The van der Waals surface area contributed by atoms with Crippen molar-refractivity contribution in [2.24, 2.45) is 0 Å². The zero-order chi connectivity index (χ0) is 22.2. The Morgan fingerprint density at radius 2 is 1.90 bits per heavy atom. The van der Waals surface area contributed by atoms with Gasteiger partial charge in [0.2, 0.25) is 10.0 Å². The van der Waals surface area contributed by atoms with Gasteiger partial charge in [-0.2, -0.15) is 4.31 Å². The van der Waals surface area contributed by atoms with Crippen LogP contribution in [0.15, 0.2) is 47.4 Å². The molecule has 2 aliphatic heterocycles. The van der Waals surface area contributed by atoms with E-state index >= 15 is 0 Å². The molecule has 1 atom stereocenters. The second-order valence-electron chi connectivity index (χ2n) is 8.63. The van der Waals surface area contributed by atoms with E-state index < -0.39 is 15.6 Å². The van der Waals surface area contributed by atoms with Gasteiger partial charge in [-0.1, -0.05) is 6.07 Å². The highest BCUT2D eigenvalue weighted by Crippen LogP contribution is 2.41. The summed E-state index contributed by atoms with van der Waals surface area (Å²) in [6, 6.07) is 11.5. The van der Waals surface area contributed by atoms with Gasteiger partial charge in [-0.25, -0.2) is 8.42 Å². The van der Waals surface area contributed by atoms with E-state index in [-0.39, 0.29) is 16.8 Å². The Morgan fingerprint density at radius 1 is 1.16 bits per heavy atom. The number of carbonyl (C=O) groups excluding carboxylic acids is 1. The maximum absolute atomic E-state index is 13.1. The summed E-state index contributed by atoms with van der Waals surface area (Å²) in [6.45, 7) is 4.99. The van der Waals surface area contributed by atoms with Crippen molar-refractivity contribution in [2.75, 3.05) is 20.2 Å². The van der Waals surface area contributed by atoms with Crippen molar-refractivity contribution in [3.63, 3.8) is 0 Å². The van der Waals surface area contributed by atoms with E-state index in [0.29, 0.717) is 36.6 Å². The molecule has 2 heterocycles. The Morgan fingerprint density at radius 3 is 2.61 bits per heavy atom. The summed E-state index contributed by atoms with van der Waals surface area (Å²) in [6.07, 6.45) is 2.30. The highest BCUT2D eigenvalue weighted by molar-refractivity contribution is 7.89. The maximum atomic E-state index is 13.1. The Kier molecular flexibility index (Phi) is 5.70. The predicted molar refractivity (Wildman–Crippen MR) is 117 cm³/mol. The number of rotatable bonds is 5. The molecule has 1 saturated heterocycles. The number of hydrogen-bond acceptors (Lipinski definition) is 5. The molecule has 0 bridgehead atoms. The van der Waals surface area contributed by atoms with Crippen molar-refractivity contribution in [3.8, 4) is 11.5 Å². The lowest BCUT2D eigenvalue weighted by atomic mass is 9.89. The van der Waals surface area contributed by atoms with Gasteiger partial charge in [-0.3, -0.25) is 4.79 Å². The Bertz CT molecular complexity index is 1090. The monoisotopic (exact) mass is 444 g/mol. The van der Waals surface area contributed by atoms with E-state index in [2.05, 4.69) is 5.32 Å². The molecular weight excluding hydrogens is 416 g/mol. The van der Waals surface area contributed by atoms with E-state index in [1.54, 1.807) is 25.3 Å². The van der Waals surface area contributed by atoms with E-state index in [9.17, 15) is 13.2 Å². The number of amides is 1. The van der Waals surface area contributed by atoms with Crippen molar-refractivity contribution >= 4 is 15.9 Å². The second-order valence-corrected chi connectivity index (χ2v) is 10.6. The van der Waals surface area contributed by atoms with Crippen LogP contribution >= 0.6 is 0 Å². The fourth-order valence-corrected chi connectivity index (χ4v) is 5.77. The molecule has 0 unspecified atom stereocenters. The van der Waals surface area contributed by atoms with Gasteiger partial charge in [0.25, 0.3) is 5.91 Å². The predicted octanol–water partition coefficient (Wildman–Crippen LogP) is 3.51. The molecule has 0 aliphatic carbocycles. The van der Waals surface area contributed by atoms with Crippen molar-refractivity contribution in [3.05, 3.63) is 53.6 Å². The molecule has 8 heteroatoms.